The molecular weight excluding hydrogens is 229 g/mol. The molecule has 0 saturated carbocycles. The number of rotatable bonds is 5. The quantitative estimate of drug-likeness (QED) is 0.869. The summed E-state index contributed by atoms with van der Waals surface area (Å²) in [5, 5.41) is 3.52. The molecule has 1 aliphatic rings. The molecule has 2 unspecified atom stereocenters. The fourth-order valence-corrected chi connectivity index (χ4v) is 2.43. The van der Waals surface area contributed by atoms with Gasteiger partial charge in [-0.25, -0.2) is 4.39 Å². The molecule has 1 fully saturated rings. The van der Waals surface area contributed by atoms with E-state index in [0.717, 1.165) is 31.7 Å². The second-order valence-corrected chi connectivity index (χ2v) is 5.23. The normalized spacial score (nSPS) is 21.8. The van der Waals surface area contributed by atoms with Crippen molar-refractivity contribution in [2.75, 3.05) is 19.8 Å². The van der Waals surface area contributed by atoms with E-state index in [1.807, 2.05) is 6.07 Å². The molecule has 3 heteroatoms. The molecule has 2 rings (SSSR count). The Morgan fingerprint density at radius 2 is 2.39 bits per heavy atom. The van der Waals surface area contributed by atoms with Gasteiger partial charge in [-0.15, -0.1) is 0 Å². The molecule has 1 heterocycles. The van der Waals surface area contributed by atoms with Gasteiger partial charge in [0.05, 0.1) is 6.61 Å². The number of halogens is 1. The third-order valence-electron chi connectivity index (χ3n) is 3.44. The Bertz CT molecular complexity index is 363. The predicted octanol–water partition coefficient (Wildman–Crippen LogP) is 2.77. The van der Waals surface area contributed by atoms with Crippen molar-refractivity contribution in [3.63, 3.8) is 0 Å². The molecule has 18 heavy (non-hydrogen) atoms. The highest BCUT2D eigenvalue weighted by molar-refractivity contribution is 5.17. The van der Waals surface area contributed by atoms with E-state index in [9.17, 15) is 4.39 Å². The van der Waals surface area contributed by atoms with E-state index >= 15 is 0 Å². The molecule has 0 amide bonds. The molecule has 0 aromatic heterocycles. The van der Waals surface area contributed by atoms with Gasteiger partial charge in [0, 0.05) is 19.2 Å². The molecule has 2 nitrogen and oxygen atoms in total. The zero-order chi connectivity index (χ0) is 12.8. The van der Waals surface area contributed by atoms with Crippen LogP contribution in [0.5, 0.6) is 0 Å². The standard InChI is InChI=1S/C15H22FNO/c1-12(8-13-4-2-6-15(16)9-13)17-10-14-5-3-7-18-11-14/h2,4,6,9,12,14,17H,3,5,7-8,10-11H2,1H3. The summed E-state index contributed by atoms with van der Waals surface area (Å²) in [5.41, 5.74) is 1.05. The van der Waals surface area contributed by atoms with Crippen molar-refractivity contribution >= 4 is 0 Å². The van der Waals surface area contributed by atoms with Crippen molar-refractivity contribution in [2.24, 2.45) is 5.92 Å². The molecule has 1 aromatic carbocycles. The zero-order valence-corrected chi connectivity index (χ0v) is 11.0. The molecule has 100 valence electrons. The SMILES string of the molecule is CC(Cc1cccc(F)c1)NCC1CCCOC1. The summed E-state index contributed by atoms with van der Waals surface area (Å²) in [7, 11) is 0. The highest BCUT2D eigenvalue weighted by Gasteiger charge is 2.14. The second kappa shape index (κ2) is 6.86. The summed E-state index contributed by atoms with van der Waals surface area (Å²) >= 11 is 0. The van der Waals surface area contributed by atoms with Crippen LogP contribution in [0.3, 0.4) is 0 Å². The van der Waals surface area contributed by atoms with Crippen LogP contribution in [0.2, 0.25) is 0 Å². The van der Waals surface area contributed by atoms with Crippen molar-refractivity contribution in [3.8, 4) is 0 Å². The van der Waals surface area contributed by atoms with Gasteiger partial charge in [0.1, 0.15) is 5.82 Å². The maximum absolute atomic E-state index is 13.1. The van der Waals surface area contributed by atoms with Gasteiger partial charge in [-0.3, -0.25) is 0 Å². The fourth-order valence-electron chi connectivity index (χ4n) is 2.43. The second-order valence-electron chi connectivity index (χ2n) is 5.23. The first kappa shape index (κ1) is 13.5. The lowest BCUT2D eigenvalue weighted by Gasteiger charge is -2.24. The van der Waals surface area contributed by atoms with Crippen LogP contribution in [0.4, 0.5) is 4.39 Å². The summed E-state index contributed by atoms with van der Waals surface area (Å²) in [5.74, 6) is 0.481. The first-order valence-corrected chi connectivity index (χ1v) is 6.79. The Labute approximate surface area is 109 Å². The van der Waals surface area contributed by atoms with Gasteiger partial charge in [0.25, 0.3) is 0 Å². The largest absolute Gasteiger partial charge is 0.381 e. The van der Waals surface area contributed by atoms with E-state index in [1.165, 1.54) is 18.9 Å². The monoisotopic (exact) mass is 251 g/mol. The predicted molar refractivity (Wildman–Crippen MR) is 71.1 cm³/mol. The van der Waals surface area contributed by atoms with Gasteiger partial charge < -0.3 is 10.1 Å². The van der Waals surface area contributed by atoms with Gasteiger partial charge in [0.2, 0.25) is 0 Å². The van der Waals surface area contributed by atoms with Crippen LogP contribution in [0.1, 0.15) is 25.3 Å². The maximum atomic E-state index is 13.1. The van der Waals surface area contributed by atoms with Gasteiger partial charge >= 0.3 is 0 Å². The number of ether oxygens (including phenoxy) is 1. The minimum Gasteiger partial charge on any atom is -0.381 e. The summed E-state index contributed by atoms with van der Waals surface area (Å²) in [6.07, 6.45) is 3.29. The fraction of sp³-hybridized carbons (Fsp3) is 0.600. The summed E-state index contributed by atoms with van der Waals surface area (Å²) in [6, 6.07) is 7.22. The average Bonchev–Trinajstić information content (AvgIpc) is 2.38. The molecule has 1 aromatic rings. The van der Waals surface area contributed by atoms with Gasteiger partial charge in [-0.05, 0) is 49.8 Å². The summed E-state index contributed by atoms with van der Waals surface area (Å²) in [6.45, 7) is 4.93. The van der Waals surface area contributed by atoms with E-state index in [1.54, 1.807) is 12.1 Å². The van der Waals surface area contributed by atoms with Gasteiger partial charge in [0.15, 0.2) is 0 Å². The molecule has 2 atom stereocenters. The number of hydrogen-bond donors (Lipinski definition) is 1. The van der Waals surface area contributed by atoms with Crippen molar-refractivity contribution in [2.45, 2.75) is 32.2 Å². The van der Waals surface area contributed by atoms with Crippen LogP contribution in [0.15, 0.2) is 24.3 Å². The molecule has 1 N–H and O–H groups in total. The average molecular weight is 251 g/mol. The topological polar surface area (TPSA) is 21.3 Å². The number of hydrogen-bond acceptors (Lipinski definition) is 2. The molecule has 0 spiro atoms. The van der Waals surface area contributed by atoms with E-state index in [0.29, 0.717) is 12.0 Å². The lowest BCUT2D eigenvalue weighted by Crippen LogP contribution is -2.35. The van der Waals surface area contributed by atoms with E-state index < -0.39 is 0 Å². The number of benzene rings is 1. The Balaban J connectivity index is 1.72. The van der Waals surface area contributed by atoms with Gasteiger partial charge in [-0.1, -0.05) is 12.1 Å². The van der Waals surface area contributed by atoms with Crippen LogP contribution in [0.25, 0.3) is 0 Å². The molecule has 0 radical (unpaired) electrons. The summed E-state index contributed by atoms with van der Waals surface area (Å²) in [4.78, 5) is 0. The summed E-state index contributed by atoms with van der Waals surface area (Å²) < 4.78 is 18.5. The zero-order valence-electron chi connectivity index (χ0n) is 11.0. The number of nitrogens with one attached hydrogen (secondary N) is 1. The van der Waals surface area contributed by atoms with Gasteiger partial charge in [-0.2, -0.15) is 0 Å². The highest BCUT2D eigenvalue weighted by atomic mass is 19.1. The maximum Gasteiger partial charge on any atom is 0.123 e. The molecule has 1 saturated heterocycles. The minimum atomic E-state index is -0.152. The van der Waals surface area contributed by atoms with Crippen molar-refractivity contribution in [1.29, 1.82) is 0 Å². The van der Waals surface area contributed by atoms with Crippen LogP contribution in [0, 0.1) is 11.7 Å². The molecule has 0 aliphatic carbocycles. The molecule has 0 bridgehead atoms. The van der Waals surface area contributed by atoms with E-state index in [4.69, 9.17) is 4.74 Å². The Morgan fingerprint density at radius 3 is 3.11 bits per heavy atom. The first-order valence-electron chi connectivity index (χ1n) is 6.79. The molecular formula is C15H22FNO. The lowest BCUT2D eigenvalue weighted by molar-refractivity contribution is 0.0540. The van der Waals surface area contributed by atoms with E-state index in [2.05, 4.69) is 12.2 Å². The van der Waals surface area contributed by atoms with Crippen molar-refractivity contribution < 1.29 is 9.13 Å². The highest BCUT2D eigenvalue weighted by Crippen LogP contribution is 2.13. The van der Waals surface area contributed by atoms with Crippen LogP contribution < -0.4 is 5.32 Å². The first-order chi connectivity index (χ1) is 8.74. The Morgan fingerprint density at radius 1 is 1.50 bits per heavy atom. The lowest BCUT2D eigenvalue weighted by atomic mass is 10.0. The molecule has 1 aliphatic heterocycles. The van der Waals surface area contributed by atoms with Crippen molar-refractivity contribution in [3.05, 3.63) is 35.6 Å². The van der Waals surface area contributed by atoms with Crippen molar-refractivity contribution in [1.82, 2.24) is 5.32 Å². The third-order valence-corrected chi connectivity index (χ3v) is 3.44. The van der Waals surface area contributed by atoms with Crippen LogP contribution in [-0.4, -0.2) is 25.8 Å². The smallest absolute Gasteiger partial charge is 0.123 e. The van der Waals surface area contributed by atoms with Crippen LogP contribution >= 0.6 is 0 Å². The van der Waals surface area contributed by atoms with E-state index in [-0.39, 0.29) is 5.82 Å². The third kappa shape index (κ3) is 4.39. The Kier molecular flexibility index (Phi) is 5.14. The van der Waals surface area contributed by atoms with Crippen LogP contribution in [-0.2, 0) is 11.2 Å². The Hall–Kier alpha value is -0.930. The minimum absolute atomic E-state index is 0.152.